The fourth-order valence-corrected chi connectivity index (χ4v) is 5.17. The van der Waals surface area contributed by atoms with Crippen molar-refractivity contribution in [1.29, 1.82) is 0 Å². The summed E-state index contributed by atoms with van der Waals surface area (Å²) >= 11 is 0. The van der Waals surface area contributed by atoms with E-state index in [4.69, 9.17) is 5.73 Å². The van der Waals surface area contributed by atoms with Crippen molar-refractivity contribution >= 4 is 24.1 Å². The Labute approximate surface area is 151 Å². The number of benzene rings is 3. The average Bonchev–Trinajstić information content (AvgIpc) is 2.61. The van der Waals surface area contributed by atoms with Gasteiger partial charge in [-0.25, -0.2) is 4.79 Å². The molecule has 0 saturated carbocycles. The summed E-state index contributed by atoms with van der Waals surface area (Å²) in [6, 6.07) is 21.3. The fraction of sp³-hybridized carbons (Fsp3) is 0.150. The summed E-state index contributed by atoms with van der Waals surface area (Å²) in [5, 5.41) is 11.3. The number of carboxylic acid groups (broad SMARTS) is 1. The van der Waals surface area contributed by atoms with Crippen LogP contribution in [-0.2, 0) is 21.1 Å². The Morgan fingerprint density at radius 1 is 0.962 bits per heavy atom. The van der Waals surface area contributed by atoms with Gasteiger partial charge in [-0.2, -0.15) is 0 Å². The summed E-state index contributed by atoms with van der Waals surface area (Å²) in [7, 11) is -3.84. The largest absolute Gasteiger partial charge is 0.480 e. The Balaban J connectivity index is 2.02. The molecular formula is C20H20NO4P. The van der Waals surface area contributed by atoms with Crippen LogP contribution in [-0.4, -0.2) is 22.1 Å². The Morgan fingerprint density at radius 2 is 1.58 bits per heavy atom. The van der Waals surface area contributed by atoms with Gasteiger partial charge in [-0.15, -0.1) is 0 Å². The van der Waals surface area contributed by atoms with Gasteiger partial charge in [0.1, 0.15) is 5.54 Å². The summed E-state index contributed by atoms with van der Waals surface area (Å²) in [6.07, 6.45) is -0.664. The first-order chi connectivity index (χ1) is 12.3. The van der Waals surface area contributed by atoms with Crippen LogP contribution in [0.25, 0.3) is 10.8 Å². The van der Waals surface area contributed by atoms with E-state index in [9.17, 15) is 19.4 Å². The molecule has 0 saturated heterocycles. The van der Waals surface area contributed by atoms with Gasteiger partial charge in [0.05, 0.1) is 6.16 Å². The van der Waals surface area contributed by atoms with Gasteiger partial charge >= 0.3 is 5.97 Å². The molecule has 0 aliphatic heterocycles. The van der Waals surface area contributed by atoms with Gasteiger partial charge in [0.2, 0.25) is 7.37 Å². The van der Waals surface area contributed by atoms with Crippen molar-refractivity contribution in [3.8, 4) is 0 Å². The summed E-state index contributed by atoms with van der Waals surface area (Å²) in [5.74, 6) is -1.32. The lowest BCUT2D eigenvalue weighted by molar-refractivity contribution is -0.142. The molecule has 3 rings (SSSR count). The number of hydrogen-bond donors (Lipinski definition) is 3. The molecule has 2 atom stereocenters. The Morgan fingerprint density at radius 3 is 2.27 bits per heavy atom. The number of carboxylic acids is 1. The molecule has 0 aliphatic carbocycles. The van der Waals surface area contributed by atoms with Gasteiger partial charge in [0.15, 0.2) is 0 Å². The van der Waals surface area contributed by atoms with Crippen LogP contribution in [0.2, 0.25) is 0 Å². The predicted octanol–water partition coefficient (Wildman–Crippen LogP) is 3.55. The monoisotopic (exact) mass is 369 g/mol. The predicted molar refractivity (Wildman–Crippen MR) is 102 cm³/mol. The van der Waals surface area contributed by atoms with Crippen molar-refractivity contribution in [2.75, 3.05) is 6.16 Å². The third-order valence-corrected chi connectivity index (χ3v) is 6.27. The molecular weight excluding hydrogens is 349 g/mol. The molecule has 0 fully saturated rings. The molecule has 0 bridgehead atoms. The highest BCUT2D eigenvalue weighted by Crippen LogP contribution is 2.49. The summed E-state index contributed by atoms with van der Waals surface area (Å²) in [4.78, 5) is 22.5. The molecule has 0 aromatic heterocycles. The summed E-state index contributed by atoms with van der Waals surface area (Å²) in [5.41, 5.74) is 5.29. The van der Waals surface area contributed by atoms with Crippen molar-refractivity contribution < 1.29 is 19.4 Å². The van der Waals surface area contributed by atoms with Crippen molar-refractivity contribution in [3.63, 3.8) is 0 Å². The van der Waals surface area contributed by atoms with Gasteiger partial charge in [-0.3, -0.25) is 4.57 Å². The van der Waals surface area contributed by atoms with Crippen LogP contribution in [0.15, 0.2) is 72.8 Å². The quantitative estimate of drug-likeness (QED) is 0.577. The number of fused-ring (bicyclic) bond motifs is 1. The molecule has 0 amide bonds. The van der Waals surface area contributed by atoms with Crippen molar-refractivity contribution in [3.05, 3.63) is 83.9 Å². The van der Waals surface area contributed by atoms with Crippen LogP contribution < -0.4 is 5.73 Å². The fourth-order valence-electron chi connectivity index (χ4n) is 3.20. The molecule has 5 nitrogen and oxygen atoms in total. The van der Waals surface area contributed by atoms with Crippen LogP contribution in [0.5, 0.6) is 0 Å². The topological polar surface area (TPSA) is 101 Å². The average molecular weight is 369 g/mol. The minimum absolute atomic E-state index is 0.120. The first-order valence-corrected chi connectivity index (χ1v) is 10.2. The molecule has 26 heavy (non-hydrogen) atoms. The highest BCUT2D eigenvalue weighted by Gasteiger charge is 2.43. The molecule has 0 heterocycles. The van der Waals surface area contributed by atoms with Gasteiger partial charge in [-0.05, 0) is 21.9 Å². The smallest absolute Gasteiger partial charge is 0.328 e. The van der Waals surface area contributed by atoms with Crippen LogP contribution in [0.3, 0.4) is 0 Å². The highest BCUT2D eigenvalue weighted by atomic mass is 31.2. The molecule has 0 aliphatic rings. The van der Waals surface area contributed by atoms with Gasteiger partial charge in [0, 0.05) is 6.16 Å². The SMILES string of the molecule is NC(CP(=O)(O)Cc1ccccc1)(C(=O)O)c1cccc2ccccc12. The molecule has 0 radical (unpaired) electrons. The molecule has 2 unspecified atom stereocenters. The van der Waals surface area contributed by atoms with Crippen LogP contribution in [0, 0.1) is 0 Å². The first kappa shape index (κ1) is 18.3. The molecule has 0 spiro atoms. The second kappa shape index (κ2) is 7.04. The number of hydrogen-bond acceptors (Lipinski definition) is 3. The van der Waals surface area contributed by atoms with Gasteiger partial charge in [-0.1, -0.05) is 72.8 Å². The molecule has 6 heteroatoms. The maximum absolute atomic E-state index is 12.8. The minimum Gasteiger partial charge on any atom is -0.480 e. The van der Waals surface area contributed by atoms with E-state index < -0.39 is 25.0 Å². The zero-order valence-corrected chi connectivity index (χ0v) is 15.0. The van der Waals surface area contributed by atoms with Gasteiger partial charge < -0.3 is 15.7 Å². The summed E-state index contributed by atoms with van der Waals surface area (Å²) in [6.45, 7) is 0. The number of nitrogens with two attached hydrogens (primary N) is 1. The maximum Gasteiger partial charge on any atom is 0.328 e. The van der Waals surface area contributed by atoms with E-state index in [1.807, 2.05) is 24.3 Å². The lowest BCUT2D eigenvalue weighted by Crippen LogP contribution is -2.48. The second-order valence-corrected chi connectivity index (χ2v) is 8.78. The Hall–Kier alpha value is -2.46. The number of aliphatic carboxylic acids is 1. The lowest BCUT2D eigenvalue weighted by atomic mass is 9.88. The number of rotatable bonds is 6. The maximum atomic E-state index is 12.8. The molecule has 3 aromatic carbocycles. The Bertz CT molecular complexity index is 984. The van der Waals surface area contributed by atoms with E-state index in [1.165, 1.54) is 0 Å². The van der Waals surface area contributed by atoms with E-state index in [-0.39, 0.29) is 6.16 Å². The van der Waals surface area contributed by atoms with Crippen LogP contribution >= 0.6 is 7.37 Å². The van der Waals surface area contributed by atoms with Gasteiger partial charge in [0.25, 0.3) is 0 Å². The summed E-state index contributed by atoms with van der Waals surface area (Å²) < 4.78 is 12.8. The van der Waals surface area contributed by atoms with Crippen LogP contribution in [0.1, 0.15) is 11.1 Å². The zero-order chi connectivity index (χ0) is 18.8. The lowest BCUT2D eigenvalue weighted by Gasteiger charge is -2.29. The first-order valence-electron chi connectivity index (χ1n) is 8.17. The van der Waals surface area contributed by atoms with E-state index in [1.54, 1.807) is 48.5 Å². The van der Waals surface area contributed by atoms with E-state index in [0.717, 1.165) is 5.39 Å². The van der Waals surface area contributed by atoms with Crippen molar-refractivity contribution in [2.24, 2.45) is 5.73 Å². The third kappa shape index (κ3) is 3.70. The highest BCUT2D eigenvalue weighted by molar-refractivity contribution is 7.57. The normalized spacial score (nSPS) is 15.9. The molecule has 4 N–H and O–H groups in total. The van der Waals surface area contributed by atoms with Crippen molar-refractivity contribution in [1.82, 2.24) is 0 Å². The zero-order valence-electron chi connectivity index (χ0n) is 14.1. The van der Waals surface area contributed by atoms with E-state index in [2.05, 4.69) is 0 Å². The third-order valence-electron chi connectivity index (χ3n) is 4.42. The Kier molecular flexibility index (Phi) is 4.97. The van der Waals surface area contributed by atoms with Crippen LogP contribution in [0.4, 0.5) is 0 Å². The molecule has 134 valence electrons. The van der Waals surface area contributed by atoms with E-state index >= 15 is 0 Å². The van der Waals surface area contributed by atoms with Crippen molar-refractivity contribution in [2.45, 2.75) is 11.7 Å². The number of carbonyl (C=O) groups is 1. The molecule has 3 aromatic rings. The standard InChI is InChI=1S/C20H20NO4P/c21-20(19(22)23,14-26(24,25)13-15-7-2-1-3-8-15)18-12-6-10-16-9-4-5-11-17(16)18/h1-12H,13-14,21H2,(H,22,23)(H,24,25). The van der Waals surface area contributed by atoms with E-state index in [0.29, 0.717) is 16.5 Å². The minimum atomic E-state index is -3.84. The second-order valence-electron chi connectivity index (χ2n) is 6.45.